The molecule has 2 rings (SSSR count). The molecule has 0 bridgehead atoms. The third-order valence-corrected chi connectivity index (χ3v) is 5.24. The molecule has 1 unspecified atom stereocenters. The third kappa shape index (κ3) is 2.15. The first-order valence-electron chi connectivity index (χ1n) is 4.80. The summed E-state index contributed by atoms with van der Waals surface area (Å²) in [6, 6.07) is 0. The van der Waals surface area contributed by atoms with Crippen LogP contribution in [0.5, 0.6) is 0 Å². The van der Waals surface area contributed by atoms with Gasteiger partial charge in [-0.15, -0.1) is 0 Å². The van der Waals surface area contributed by atoms with Gasteiger partial charge in [0.25, 0.3) is 0 Å². The molecule has 0 aromatic rings. The van der Waals surface area contributed by atoms with Crippen LogP contribution >= 0.6 is 0 Å². The van der Waals surface area contributed by atoms with Gasteiger partial charge in [0, 0.05) is 0 Å². The Balaban J connectivity index is 1.94. The molecule has 0 amide bonds. The molecule has 0 N–H and O–H groups in total. The number of hydrogen-bond donors (Lipinski definition) is 0. The fourth-order valence-corrected chi connectivity index (χ4v) is 4.89. The minimum absolute atomic E-state index is 0.119. The molecule has 72 valence electrons. The summed E-state index contributed by atoms with van der Waals surface area (Å²) < 4.78 is 6.89. The van der Waals surface area contributed by atoms with Gasteiger partial charge in [-0.3, -0.25) is 0 Å². The molecule has 2 aliphatic rings. The van der Waals surface area contributed by atoms with Gasteiger partial charge >= 0.3 is 84.5 Å². The molecule has 2 nitrogen and oxygen atoms in total. The molecular formula is C10H14O2Se. The van der Waals surface area contributed by atoms with Gasteiger partial charge in [-0.2, -0.15) is 0 Å². The van der Waals surface area contributed by atoms with Crippen LogP contribution in [0.3, 0.4) is 0 Å². The van der Waals surface area contributed by atoms with Crippen molar-refractivity contribution in [2.75, 3.05) is 0 Å². The molecular weight excluding hydrogens is 231 g/mol. The van der Waals surface area contributed by atoms with Crippen molar-refractivity contribution in [1.29, 1.82) is 0 Å². The van der Waals surface area contributed by atoms with Gasteiger partial charge < -0.3 is 0 Å². The van der Waals surface area contributed by atoms with E-state index >= 15 is 0 Å². The summed E-state index contributed by atoms with van der Waals surface area (Å²) in [4.78, 5) is 10.8. The van der Waals surface area contributed by atoms with Crippen LogP contribution in [0.1, 0.15) is 39.0 Å². The summed E-state index contributed by atoms with van der Waals surface area (Å²) in [5.74, 6) is -0.119. The van der Waals surface area contributed by atoms with Crippen LogP contribution in [-0.4, -0.2) is 25.9 Å². The van der Waals surface area contributed by atoms with Crippen LogP contribution in [0.4, 0.5) is 0 Å². The van der Waals surface area contributed by atoms with Gasteiger partial charge in [0.05, 0.1) is 0 Å². The van der Waals surface area contributed by atoms with Gasteiger partial charge in [-0.1, -0.05) is 0 Å². The zero-order valence-electron chi connectivity index (χ0n) is 7.84. The van der Waals surface area contributed by atoms with Crippen molar-refractivity contribution < 1.29 is 9.53 Å². The van der Waals surface area contributed by atoms with Crippen LogP contribution in [0.2, 0.25) is 0 Å². The average molecular weight is 245 g/mol. The summed E-state index contributed by atoms with van der Waals surface area (Å²) in [6.07, 6.45) is 6.24. The molecule has 0 saturated heterocycles. The predicted octanol–water partition coefficient (Wildman–Crippen LogP) is 1.81. The number of rotatable bonds is 1. The summed E-state index contributed by atoms with van der Waals surface area (Å²) in [7, 11) is 0. The number of carbonyl (C=O) groups excluding carboxylic acids is 1. The second kappa shape index (κ2) is 3.85. The number of hydrogen-bond acceptors (Lipinski definition) is 2. The topological polar surface area (TPSA) is 26.3 Å². The molecule has 0 spiro atoms. The molecule has 1 heterocycles. The quantitative estimate of drug-likeness (QED) is 0.520. The third-order valence-electron chi connectivity index (χ3n) is 2.51. The van der Waals surface area contributed by atoms with E-state index in [0.29, 0.717) is 15.0 Å². The van der Waals surface area contributed by atoms with Crippen molar-refractivity contribution in [1.82, 2.24) is 0 Å². The van der Waals surface area contributed by atoms with Gasteiger partial charge in [0.15, 0.2) is 0 Å². The van der Waals surface area contributed by atoms with E-state index in [9.17, 15) is 4.79 Å². The zero-order valence-corrected chi connectivity index (χ0v) is 9.55. The van der Waals surface area contributed by atoms with E-state index in [0.717, 1.165) is 6.42 Å². The van der Waals surface area contributed by atoms with Crippen molar-refractivity contribution in [2.45, 2.75) is 44.0 Å². The van der Waals surface area contributed by atoms with Crippen molar-refractivity contribution >= 4 is 20.9 Å². The van der Waals surface area contributed by atoms with E-state index < -0.39 is 0 Å². The van der Waals surface area contributed by atoms with Crippen LogP contribution in [0.15, 0.2) is 10.0 Å². The van der Waals surface area contributed by atoms with Crippen LogP contribution < -0.4 is 0 Å². The van der Waals surface area contributed by atoms with E-state index in [1.54, 1.807) is 10.0 Å². The number of ether oxygens (including phenoxy) is 1. The molecule has 13 heavy (non-hydrogen) atoms. The van der Waals surface area contributed by atoms with Gasteiger partial charge in [-0.25, -0.2) is 0 Å². The second-order valence-corrected chi connectivity index (χ2v) is 6.23. The first-order chi connectivity index (χ1) is 6.25. The molecule has 3 heteroatoms. The Labute approximate surface area is 84.9 Å². The normalized spacial score (nSPS) is 27.3. The molecule has 0 saturated carbocycles. The van der Waals surface area contributed by atoms with Crippen molar-refractivity contribution in [2.24, 2.45) is 0 Å². The summed E-state index contributed by atoms with van der Waals surface area (Å²) in [6.45, 7) is 1.51. The Morgan fingerprint density at radius 2 is 2.23 bits per heavy atom. The van der Waals surface area contributed by atoms with Gasteiger partial charge in [0.1, 0.15) is 0 Å². The van der Waals surface area contributed by atoms with Crippen LogP contribution in [0, 0.1) is 0 Å². The Kier molecular flexibility index (Phi) is 2.75. The number of carbonyl (C=O) groups is 1. The molecule has 0 radical (unpaired) electrons. The Bertz CT molecular complexity index is 240. The predicted molar refractivity (Wildman–Crippen MR) is 51.4 cm³/mol. The van der Waals surface area contributed by atoms with Crippen molar-refractivity contribution in [3.8, 4) is 0 Å². The molecule has 0 fully saturated rings. The maximum absolute atomic E-state index is 10.8. The Hall–Kier alpha value is -0.271. The summed E-state index contributed by atoms with van der Waals surface area (Å²) in [5.41, 5.74) is 1.61. The van der Waals surface area contributed by atoms with E-state index in [1.165, 1.54) is 32.6 Å². The van der Waals surface area contributed by atoms with E-state index in [-0.39, 0.29) is 11.0 Å². The van der Waals surface area contributed by atoms with Crippen LogP contribution in [-0.2, 0) is 9.53 Å². The van der Waals surface area contributed by atoms with Gasteiger partial charge in [-0.05, 0) is 0 Å². The number of allylic oxidation sites excluding steroid dienone is 1. The Morgan fingerprint density at radius 3 is 2.92 bits per heavy atom. The molecule has 0 aromatic carbocycles. The summed E-state index contributed by atoms with van der Waals surface area (Å²) >= 11 is 0.446. The van der Waals surface area contributed by atoms with E-state index in [2.05, 4.69) is 0 Å². The van der Waals surface area contributed by atoms with Gasteiger partial charge in [0.2, 0.25) is 0 Å². The van der Waals surface area contributed by atoms with E-state index in [4.69, 9.17) is 4.74 Å². The Morgan fingerprint density at radius 1 is 1.46 bits per heavy atom. The molecule has 1 aliphatic heterocycles. The van der Waals surface area contributed by atoms with Crippen molar-refractivity contribution in [3.63, 3.8) is 0 Å². The summed E-state index contributed by atoms with van der Waals surface area (Å²) in [5, 5.41) is 0.230. The minimum atomic E-state index is -0.119. The molecule has 1 aliphatic carbocycles. The first-order valence-corrected chi connectivity index (χ1v) is 6.65. The molecule has 1 atom stereocenters. The number of esters is 1. The SMILES string of the molecule is CC(=O)OC1CC2=C(CCCC2)[Se]1. The fraction of sp³-hybridized carbons (Fsp3) is 0.700. The second-order valence-electron chi connectivity index (χ2n) is 3.59. The van der Waals surface area contributed by atoms with Crippen molar-refractivity contribution in [3.05, 3.63) is 10.0 Å². The average Bonchev–Trinajstić information content (AvgIpc) is 2.44. The monoisotopic (exact) mass is 246 g/mol. The standard InChI is InChI=1S/C10H14O2Se/c1-7(11)12-10-6-8-4-2-3-5-9(8)13-10/h10H,2-6H2,1H3. The fourth-order valence-electron chi connectivity index (χ4n) is 1.95. The first kappa shape index (κ1) is 9.29. The maximum atomic E-state index is 10.8. The zero-order chi connectivity index (χ0) is 9.26. The van der Waals surface area contributed by atoms with E-state index in [1.807, 2.05) is 0 Å². The molecule has 0 aromatic heterocycles. The van der Waals surface area contributed by atoms with Crippen LogP contribution in [0.25, 0.3) is 0 Å².